The van der Waals surface area contributed by atoms with Crippen molar-refractivity contribution < 1.29 is 9.00 Å². The van der Waals surface area contributed by atoms with Crippen molar-refractivity contribution in [1.82, 2.24) is 5.32 Å². The largest absolute Gasteiger partial charge is 0.351 e. The van der Waals surface area contributed by atoms with Crippen LogP contribution < -0.4 is 5.32 Å². The van der Waals surface area contributed by atoms with Gasteiger partial charge in [0.25, 0.3) is 0 Å². The Hall–Kier alpha value is -1.16. The lowest BCUT2D eigenvalue weighted by molar-refractivity contribution is -0.122. The van der Waals surface area contributed by atoms with Gasteiger partial charge in [-0.2, -0.15) is 0 Å². The molecule has 0 saturated carbocycles. The van der Waals surface area contributed by atoms with Crippen molar-refractivity contribution in [2.75, 3.05) is 6.26 Å². The molecule has 0 radical (unpaired) electrons. The number of rotatable bonds is 4. The monoisotopic (exact) mass is 239 g/mol. The van der Waals surface area contributed by atoms with E-state index in [-0.39, 0.29) is 5.91 Å². The number of benzene rings is 1. The smallest absolute Gasteiger partial charge is 0.238 e. The lowest BCUT2D eigenvalue weighted by atomic mass is 10.1. The van der Waals surface area contributed by atoms with Crippen molar-refractivity contribution >= 4 is 16.7 Å². The summed E-state index contributed by atoms with van der Waals surface area (Å²) in [7, 11) is -1.18. The van der Waals surface area contributed by atoms with Gasteiger partial charge in [-0.3, -0.25) is 9.00 Å². The minimum absolute atomic E-state index is 0.183. The van der Waals surface area contributed by atoms with Gasteiger partial charge in [0, 0.05) is 23.6 Å². The van der Waals surface area contributed by atoms with E-state index in [2.05, 4.69) is 5.32 Å². The third kappa shape index (κ3) is 3.17. The standard InChI is InChI=1S/C12H17NO2S/c1-12(2,16(3)15)11(14)13-9-10-7-5-4-6-8-10/h4-8H,9H2,1-3H3,(H,13,14). The van der Waals surface area contributed by atoms with Gasteiger partial charge in [-0.15, -0.1) is 0 Å². The predicted molar refractivity (Wildman–Crippen MR) is 66.4 cm³/mol. The fourth-order valence-electron chi connectivity index (χ4n) is 1.12. The molecule has 0 aliphatic heterocycles. The zero-order chi connectivity index (χ0) is 12.2. The zero-order valence-electron chi connectivity index (χ0n) is 9.82. The Balaban J connectivity index is 2.57. The topological polar surface area (TPSA) is 46.2 Å². The molecule has 1 rings (SSSR count). The molecule has 1 unspecified atom stereocenters. The molecule has 0 spiro atoms. The number of carbonyl (C=O) groups is 1. The SMILES string of the molecule is CS(=O)C(C)(C)C(=O)NCc1ccccc1. The van der Waals surface area contributed by atoms with E-state index < -0.39 is 15.5 Å². The highest BCUT2D eigenvalue weighted by Crippen LogP contribution is 2.11. The van der Waals surface area contributed by atoms with Gasteiger partial charge in [0.1, 0.15) is 4.75 Å². The van der Waals surface area contributed by atoms with Crippen LogP contribution >= 0.6 is 0 Å². The first-order valence-corrected chi connectivity index (χ1v) is 6.66. The molecule has 0 aliphatic rings. The number of nitrogens with one attached hydrogen (secondary N) is 1. The molecule has 0 fully saturated rings. The molecular weight excluding hydrogens is 222 g/mol. The van der Waals surface area contributed by atoms with Gasteiger partial charge in [-0.05, 0) is 19.4 Å². The Kier molecular flexibility index (Phi) is 4.24. The summed E-state index contributed by atoms with van der Waals surface area (Å²) in [5, 5.41) is 2.79. The fourth-order valence-corrected chi connectivity index (χ4v) is 1.45. The van der Waals surface area contributed by atoms with E-state index in [4.69, 9.17) is 0 Å². The normalized spacial score (nSPS) is 13.2. The van der Waals surface area contributed by atoms with Gasteiger partial charge in [0.2, 0.25) is 5.91 Å². The molecule has 3 nitrogen and oxygen atoms in total. The van der Waals surface area contributed by atoms with Crippen LogP contribution in [0.4, 0.5) is 0 Å². The third-order valence-electron chi connectivity index (χ3n) is 2.56. The van der Waals surface area contributed by atoms with Crippen LogP contribution in [-0.4, -0.2) is 21.1 Å². The molecule has 1 amide bonds. The molecule has 1 atom stereocenters. The number of carbonyl (C=O) groups excluding carboxylic acids is 1. The molecule has 1 aromatic rings. The van der Waals surface area contributed by atoms with Crippen LogP contribution in [0.2, 0.25) is 0 Å². The average molecular weight is 239 g/mol. The maximum absolute atomic E-state index is 11.8. The molecule has 0 heterocycles. The van der Waals surface area contributed by atoms with Crippen molar-refractivity contribution in [3.05, 3.63) is 35.9 Å². The second kappa shape index (κ2) is 5.25. The first-order valence-electron chi connectivity index (χ1n) is 5.10. The van der Waals surface area contributed by atoms with E-state index in [1.54, 1.807) is 20.1 Å². The summed E-state index contributed by atoms with van der Waals surface area (Å²) in [6.07, 6.45) is 1.54. The third-order valence-corrected chi connectivity index (χ3v) is 4.18. The minimum Gasteiger partial charge on any atom is -0.351 e. The fraction of sp³-hybridized carbons (Fsp3) is 0.417. The molecule has 0 aromatic heterocycles. The van der Waals surface area contributed by atoms with Crippen LogP contribution in [0.25, 0.3) is 0 Å². The second-order valence-corrected chi connectivity index (χ2v) is 6.06. The molecule has 16 heavy (non-hydrogen) atoms. The summed E-state index contributed by atoms with van der Waals surface area (Å²) in [6.45, 7) is 3.84. The maximum Gasteiger partial charge on any atom is 0.238 e. The van der Waals surface area contributed by atoms with Crippen LogP contribution in [-0.2, 0) is 22.1 Å². The Labute approximate surface area is 98.7 Å². The maximum atomic E-state index is 11.8. The molecule has 0 bridgehead atoms. The Bertz CT molecular complexity index is 387. The minimum atomic E-state index is -1.18. The summed E-state index contributed by atoms with van der Waals surface area (Å²) in [6, 6.07) is 9.65. The quantitative estimate of drug-likeness (QED) is 0.864. The Morgan fingerprint density at radius 2 is 1.88 bits per heavy atom. The van der Waals surface area contributed by atoms with Crippen molar-refractivity contribution in [2.24, 2.45) is 0 Å². The van der Waals surface area contributed by atoms with E-state index in [9.17, 15) is 9.00 Å². The average Bonchev–Trinajstić information content (AvgIpc) is 2.27. The zero-order valence-corrected chi connectivity index (χ0v) is 10.6. The van der Waals surface area contributed by atoms with Crippen LogP contribution in [0.3, 0.4) is 0 Å². The summed E-state index contributed by atoms with van der Waals surface area (Å²) >= 11 is 0. The molecule has 1 aromatic carbocycles. The van der Waals surface area contributed by atoms with E-state index in [0.717, 1.165) is 5.56 Å². The van der Waals surface area contributed by atoms with Crippen molar-refractivity contribution in [2.45, 2.75) is 25.1 Å². The van der Waals surface area contributed by atoms with E-state index in [0.29, 0.717) is 6.54 Å². The molecule has 1 N–H and O–H groups in total. The lowest BCUT2D eigenvalue weighted by Gasteiger charge is -2.20. The lowest BCUT2D eigenvalue weighted by Crippen LogP contribution is -2.44. The predicted octanol–water partition coefficient (Wildman–Crippen LogP) is 1.46. The number of hydrogen-bond acceptors (Lipinski definition) is 2. The molecule has 4 heteroatoms. The van der Waals surface area contributed by atoms with Crippen LogP contribution in [0.5, 0.6) is 0 Å². The molecular formula is C12H17NO2S. The molecule has 0 aliphatic carbocycles. The Morgan fingerprint density at radius 3 is 2.38 bits per heavy atom. The summed E-state index contributed by atoms with van der Waals surface area (Å²) in [4.78, 5) is 11.8. The summed E-state index contributed by atoms with van der Waals surface area (Å²) in [5.41, 5.74) is 1.04. The molecule has 0 saturated heterocycles. The number of amides is 1. The van der Waals surface area contributed by atoms with Crippen molar-refractivity contribution in [3.63, 3.8) is 0 Å². The van der Waals surface area contributed by atoms with Gasteiger partial charge in [-0.1, -0.05) is 30.3 Å². The first kappa shape index (κ1) is 12.9. The van der Waals surface area contributed by atoms with E-state index >= 15 is 0 Å². The summed E-state index contributed by atoms with van der Waals surface area (Å²) in [5.74, 6) is -0.183. The summed E-state index contributed by atoms with van der Waals surface area (Å²) < 4.78 is 10.5. The van der Waals surface area contributed by atoms with E-state index in [1.807, 2.05) is 30.3 Å². The van der Waals surface area contributed by atoms with Crippen LogP contribution in [0.15, 0.2) is 30.3 Å². The van der Waals surface area contributed by atoms with E-state index in [1.165, 1.54) is 0 Å². The van der Waals surface area contributed by atoms with Gasteiger partial charge in [0.05, 0.1) is 0 Å². The van der Waals surface area contributed by atoms with Gasteiger partial charge in [0.15, 0.2) is 0 Å². The van der Waals surface area contributed by atoms with Gasteiger partial charge < -0.3 is 5.32 Å². The highest BCUT2D eigenvalue weighted by atomic mass is 32.2. The first-order chi connectivity index (χ1) is 7.44. The Morgan fingerprint density at radius 1 is 1.31 bits per heavy atom. The molecule has 88 valence electrons. The number of hydrogen-bond donors (Lipinski definition) is 1. The van der Waals surface area contributed by atoms with Crippen LogP contribution in [0, 0.1) is 0 Å². The highest BCUT2D eigenvalue weighted by Gasteiger charge is 2.31. The van der Waals surface area contributed by atoms with Crippen LogP contribution in [0.1, 0.15) is 19.4 Å². The second-order valence-electron chi connectivity index (χ2n) is 4.13. The van der Waals surface area contributed by atoms with Gasteiger partial charge >= 0.3 is 0 Å². The highest BCUT2D eigenvalue weighted by molar-refractivity contribution is 7.86. The van der Waals surface area contributed by atoms with Crippen molar-refractivity contribution in [1.29, 1.82) is 0 Å². The van der Waals surface area contributed by atoms with Crippen molar-refractivity contribution in [3.8, 4) is 0 Å². The van der Waals surface area contributed by atoms with Gasteiger partial charge in [-0.25, -0.2) is 0 Å².